The molecule has 0 saturated carbocycles. The zero-order chi connectivity index (χ0) is 16.6. The summed E-state index contributed by atoms with van der Waals surface area (Å²) in [5, 5.41) is 18.4. The standard InChI is InChI=1S/C16H12I2O4/c1-7-8(2)12(16(21)22)14(18)13(17)11(7)9-3-5-10(6-4-9)15(19)20/h3-6H,1-2H3,(H,19,20)(H,21,22). The topological polar surface area (TPSA) is 74.6 Å². The van der Waals surface area contributed by atoms with Crippen molar-refractivity contribution in [3.8, 4) is 11.1 Å². The number of halogens is 2. The maximum Gasteiger partial charge on any atom is 0.337 e. The first-order chi connectivity index (χ1) is 10.3. The molecular weight excluding hydrogens is 510 g/mol. The Hall–Kier alpha value is -1.16. The monoisotopic (exact) mass is 522 g/mol. The molecule has 4 nitrogen and oxygen atoms in total. The summed E-state index contributed by atoms with van der Waals surface area (Å²) >= 11 is 4.19. The summed E-state index contributed by atoms with van der Waals surface area (Å²) in [6.45, 7) is 3.69. The van der Waals surface area contributed by atoms with E-state index in [0.717, 1.165) is 25.8 Å². The fourth-order valence-corrected chi connectivity index (χ4v) is 4.19. The van der Waals surface area contributed by atoms with Gasteiger partial charge in [-0.2, -0.15) is 0 Å². The van der Waals surface area contributed by atoms with Crippen molar-refractivity contribution in [3.05, 3.63) is 53.7 Å². The van der Waals surface area contributed by atoms with E-state index in [1.165, 1.54) is 0 Å². The summed E-state index contributed by atoms with van der Waals surface area (Å²) in [4.78, 5) is 22.4. The van der Waals surface area contributed by atoms with Crippen LogP contribution in [0.25, 0.3) is 11.1 Å². The Morgan fingerprint density at radius 3 is 1.86 bits per heavy atom. The lowest BCUT2D eigenvalue weighted by molar-refractivity contribution is 0.0685. The Balaban J connectivity index is 2.71. The van der Waals surface area contributed by atoms with E-state index in [1.807, 2.05) is 29.5 Å². The minimum absolute atomic E-state index is 0.227. The fraction of sp³-hybridized carbons (Fsp3) is 0.125. The predicted molar refractivity (Wildman–Crippen MR) is 101 cm³/mol. The molecular formula is C16H12I2O4. The van der Waals surface area contributed by atoms with Crippen LogP contribution in [-0.2, 0) is 0 Å². The van der Waals surface area contributed by atoms with Crippen molar-refractivity contribution in [1.29, 1.82) is 0 Å². The van der Waals surface area contributed by atoms with Crippen LogP contribution in [0.4, 0.5) is 0 Å². The summed E-state index contributed by atoms with van der Waals surface area (Å²) in [6.07, 6.45) is 0. The number of carboxylic acids is 2. The molecule has 0 bridgehead atoms. The Bertz CT molecular complexity index is 751. The van der Waals surface area contributed by atoms with Crippen LogP contribution in [0.3, 0.4) is 0 Å². The fourth-order valence-electron chi connectivity index (χ4n) is 2.30. The van der Waals surface area contributed by atoms with Gasteiger partial charge in [-0.05, 0) is 93.4 Å². The van der Waals surface area contributed by atoms with E-state index in [9.17, 15) is 14.7 Å². The Morgan fingerprint density at radius 1 is 0.864 bits per heavy atom. The van der Waals surface area contributed by atoms with Crippen LogP contribution in [0.5, 0.6) is 0 Å². The van der Waals surface area contributed by atoms with Crippen LogP contribution in [0.15, 0.2) is 24.3 Å². The highest BCUT2D eigenvalue weighted by Crippen LogP contribution is 2.36. The normalized spacial score (nSPS) is 10.5. The third-order valence-corrected chi connectivity index (χ3v) is 6.77. The van der Waals surface area contributed by atoms with Crippen LogP contribution in [0.2, 0.25) is 0 Å². The molecule has 2 rings (SSSR count). The average molecular weight is 522 g/mol. The van der Waals surface area contributed by atoms with Gasteiger partial charge in [0.2, 0.25) is 0 Å². The molecule has 0 aliphatic carbocycles. The molecule has 6 heteroatoms. The van der Waals surface area contributed by atoms with Crippen LogP contribution in [0.1, 0.15) is 31.8 Å². The number of hydrogen-bond donors (Lipinski definition) is 2. The molecule has 0 radical (unpaired) electrons. The van der Waals surface area contributed by atoms with Gasteiger partial charge in [-0.3, -0.25) is 0 Å². The molecule has 2 aromatic rings. The molecule has 2 aromatic carbocycles. The van der Waals surface area contributed by atoms with Crippen molar-refractivity contribution in [1.82, 2.24) is 0 Å². The highest BCUT2D eigenvalue weighted by atomic mass is 127. The Morgan fingerprint density at radius 2 is 1.41 bits per heavy atom. The minimum atomic E-state index is -0.968. The first-order valence-corrected chi connectivity index (χ1v) is 8.46. The SMILES string of the molecule is Cc1c(C)c(-c2ccc(C(=O)O)cc2)c(I)c(I)c1C(=O)O. The van der Waals surface area contributed by atoms with Crippen molar-refractivity contribution < 1.29 is 19.8 Å². The van der Waals surface area contributed by atoms with Crippen LogP contribution in [-0.4, -0.2) is 22.2 Å². The van der Waals surface area contributed by atoms with Gasteiger partial charge in [-0.25, -0.2) is 9.59 Å². The lowest BCUT2D eigenvalue weighted by Crippen LogP contribution is -2.08. The number of benzene rings is 2. The van der Waals surface area contributed by atoms with E-state index in [2.05, 4.69) is 22.6 Å². The van der Waals surface area contributed by atoms with Crippen LogP contribution < -0.4 is 0 Å². The molecule has 0 spiro atoms. The van der Waals surface area contributed by atoms with Gasteiger partial charge in [-0.1, -0.05) is 12.1 Å². The number of rotatable bonds is 3. The molecule has 22 heavy (non-hydrogen) atoms. The zero-order valence-electron chi connectivity index (χ0n) is 11.8. The summed E-state index contributed by atoms with van der Waals surface area (Å²) in [7, 11) is 0. The lowest BCUT2D eigenvalue weighted by Gasteiger charge is -2.17. The Kier molecular flexibility index (Phi) is 5.10. The molecule has 0 saturated heterocycles. The molecule has 0 aliphatic heterocycles. The molecule has 0 amide bonds. The number of carbonyl (C=O) groups is 2. The first kappa shape index (κ1) is 17.2. The van der Waals surface area contributed by atoms with E-state index in [1.54, 1.807) is 31.2 Å². The van der Waals surface area contributed by atoms with E-state index < -0.39 is 11.9 Å². The predicted octanol–water partition coefficient (Wildman–Crippen LogP) is 4.58. The molecule has 0 fully saturated rings. The van der Waals surface area contributed by atoms with Gasteiger partial charge in [0, 0.05) is 7.14 Å². The van der Waals surface area contributed by atoms with Gasteiger partial charge < -0.3 is 10.2 Å². The number of hydrogen-bond acceptors (Lipinski definition) is 2. The van der Waals surface area contributed by atoms with Gasteiger partial charge in [0.25, 0.3) is 0 Å². The van der Waals surface area contributed by atoms with E-state index in [0.29, 0.717) is 9.13 Å². The van der Waals surface area contributed by atoms with Gasteiger partial charge in [0.1, 0.15) is 0 Å². The molecule has 0 aromatic heterocycles. The lowest BCUT2D eigenvalue weighted by atomic mass is 9.93. The minimum Gasteiger partial charge on any atom is -0.478 e. The van der Waals surface area contributed by atoms with Gasteiger partial charge in [0.05, 0.1) is 11.1 Å². The summed E-state index contributed by atoms with van der Waals surface area (Å²) in [5.74, 6) is -1.90. The second kappa shape index (κ2) is 6.53. The van der Waals surface area contributed by atoms with E-state index >= 15 is 0 Å². The smallest absolute Gasteiger partial charge is 0.337 e. The zero-order valence-corrected chi connectivity index (χ0v) is 16.1. The molecule has 0 aliphatic rings. The van der Waals surface area contributed by atoms with Crippen LogP contribution >= 0.6 is 45.2 Å². The van der Waals surface area contributed by atoms with Crippen molar-refractivity contribution >= 4 is 57.1 Å². The molecule has 0 heterocycles. The van der Waals surface area contributed by atoms with Crippen LogP contribution in [0, 0.1) is 21.0 Å². The molecule has 114 valence electrons. The Labute approximate surface area is 154 Å². The molecule has 2 N–H and O–H groups in total. The second-order valence-electron chi connectivity index (χ2n) is 4.82. The quantitative estimate of drug-likeness (QED) is 0.580. The third kappa shape index (κ3) is 2.98. The summed E-state index contributed by atoms with van der Waals surface area (Å²) in [6, 6.07) is 6.62. The van der Waals surface area contributed by atoms with Crippen molar-refractivity contribution in [2.45, 2.75) is 13.8 Å². The number of carboxylic acid groups (broad SMARTS) is 2. The van der Waals surface area contributed by atoms with E-state index in [-0.39, 0.29) is 5.56 Å². The van der Waals surface area contributed by atoms with Gasteiger partial charge in [-0.15, -0.1) is 0 Å². The maximum absolute atomic E-state index is 11.4. The summed E-state index contributed by atoms with van der Waals surface area (Å²) < 4.78 is 1.56. The maximum atomic E-state index is 11.4. The number of aromatic carboxylic acids is 2. The van der Waals surface area contributed by atoms with Gasteiger partial charge >= 0.3 is 11.9 Å². The summed E-state index contributed by atoms with van der Waals surface area (Å²) in [5.41, 5.74) is 4.01. The second-order valence-corrected chi connectivity index (χ2v) is 6.97. The molecule has 0 unspecified atom stereocenters. The first-order valence-electron chi connectivity index (χ1n) is 6.30. The van der Waals surface area contributed by atoms with Gasteiger partial charge in [0.15, 0.2) is 0 Å². The van der Waals surface area contributed by atoms with Crippen molar-refractivity contribution in [3.63, 3.8) is 0 Å². The largest absolute Gasteiger partial charge is 0.478 e. The van der Waals surface area contributed by atoms with Crippen molar-refractivity contribution in [2.75, 3.05) is 0 Å². The van der Waals surface area contributed by atoms with E-state index in [4.69, 9.17) is 5.11 Å². The highest BCUT2D eigenvalue weighted by Gasteiger charge is 2.21. The average Bonchev–Trinajstić information content (AvgIpc) is 2.46. The molecule has 0 atom stereocenters. The third-order valence-electron chi connectivity index (χ3n) is 3.58. The highest BCUT2D eigenvalue weighted by molar-refractivity contribution is 14.1. The van der Waals surface area contributed by atoms with Crippen molar-refractivity contribution in [2.24, 2.45) is 0 Å².